The predicted octanol–water partition coefficient (Wildman–Crippen LogP) is 7.64. The number of ether oxygens (including phenoxy) is 2. The molecule has 0 unspecified atom stereocenters. The van der Waals surface area contributed by atoms with E-state index in [1.165, 1.54) is 42.5 Å². The third-order valence-electron chi connectivity index (χ3n) is 5.67. The first-order valence-electron chi connectivity index (χ1n) is 11.2. The Kier molecular flexibility index (Phi) is 7.50. The van der Waals surface area contributed by atoms with Crippen LogP contribution < -0.4 is 4.74 Å². The van der Waals surface area contributed by atoms with Crippen molar-refractivity contribution in [2.75, 3.05) is 6.61 Å². The SMILES string of the molecule is CCOCc1ccc(OC(=O)c2ccc(-c3ccc(-c4ccc(C)cc4)c(F)c3F)cc2)c(F)c1F. The summed E-state index contributed by atoms with van der Waals surface area (Å²) in [6.45, 7) is 3.85. The smallest absolute Gasteiger partial charge is 0.343 e. The van der Waals surface area contributed by atoms with E-state index in [1.807, 2.05) is 19.1 Å². The van der Waals surface area contributed by atoms with Gasteiger partial charge in [0.15, 0.2) is 23.2 Å². The number of rotatable bonds is 7. The largest absolute Gasteiger partial charge is 0.420 e. The lowest BCUT2D eigenvalue weighted by molar-refractivity contribution is 0.0726. The molecule has 0 bridgehead atoms. The van der Waals surface area contributed by atoms with E-state index in [-0.39, 0.29) is 28.9 Å². The second-order valence-corrected chi connectivity index (χ2v) is 8.11. The van der Waals surface area contributed by atoms with E-state index in [9.17, 15) is 22.4 Å². The Bertz CT molecular complexity index is 1400. The highest BCUT2D eigenvalue weighted by Crippen LogP contribution is 2.32. The summed E-state index contributed by atoms with van der Waals surface area (Å²) >= 11 is 0. The van der Waals surface area contributed by atoms with Gasteiger partial charge in [-0.25, -0.2) is 18.0 Å². The first kappa shape index (κ1) is 25.1. The van der Waals surface area contributed by atoms with Crippen LogP contribution in [0, 0.1) is 30.2 Å². The van der Waals surface area contributed by atoms with Gasteiger partial charge in [-0.05, 0) is 49.2 Å². The van der Waals surface area contributed by atoms with Crippen molar-refractivity contribution >= 4 is 5.97 Å². The molecule has 4 rings (SSSR count). The molecule has 4 aromatic rings. The van der Waals surface area contributed by atoms with E-state index in [2.05, 4.69) is 0 Å². The predicted molar refractivity (Wildman–Crippen MR) is 129 cm³/mol. The van der Waals surface area contributed by atoms with Crippen LogP contribution in [0.3, 0.4) is 0 Å². The van der Waals surface area contributed by atoms with E-state index < -0.39 is 35.0 Å². The van der Waals surface area contributed by atoms with Gasteiger partial charge in [-0.15, -0.1) is 0 Å². The first-order valence-corrected chi connectivity index (χ1v) is 11.2. The van der Waals surface area contributed by atoms with Gasteiger partial charge >= 0.3 is 5.97 Å². The van der Waals surface area contributed by atoms with Gasteiger partial charge in [0.25, 0.3) is 0 Å². The summed E-state index contributed by atoms with van der Waals surface area (Å²) in [4.78, 5) is 12.5. The van der Waals surface area contributed by atoms with E-state index in [4.69, 9.17) is 9.47 Å². The van der Waals surface area contributed by atoms with Crippen molar-refractivity contribution < 1.29 is 31.8 Å². The van der Waals surface area contributed by atoms with E-state index in [0.717, 1.165) is 11.6 Å². The average molecular weight is 494 g/mol. The molecule has 0 saturated carbocycles. The van der Waals surface area contributed by atoms with E-state index in [1.54, 1.807) is 19.1 Å². The third kappa shape index (κ3) is 5.16. The molecule has 3 nitrogen and oxygen atoms in total. The molecule has 7 heteroatoms. The van der Waals surface area contributed by atoms with Crippen molar-refractivity contribution in [3.63, 3.8) is 0 Å². The fourth-order valence-electron chi connectivity index (χ4n) is 3.65. The first-order chi connectivity index (χ1) is 17.3. The zero-order valence-electron chi connectivity index (χ0n) is 19.6. The number of carbonyl (C=O) groups is 1. The Morgan fingerprint density at radius 2 is 1.25 bits per heavy atom. The summed E-state index contributed by atoms with van der Waals surface area (Å²) in [5.41, 5.74) is 2.06. The van der Waals surface area contributed by atoms with Gasteiger partial charge in [-0.3, -0.25) is 0 Å². The minimum atomic E-state index is -1.30. The van der Waals surface area contributed by atoms with Crippen molar-refractivity contribution in [1.29, 1.82) is 0 Å². The second kappa shape index (κ2) is 10.7. The number of carbonyl (C=O) groups excluding carboxylic acids is 1. The topological polar surface area (TPSA) is 35.5 Å². The number of benzene rings is 4. The molecule has 4 aromatic carbocycles. The van der Waals surface area contributed by atoms with E-state index >= 15 is 0 Å². The van der Waals surface area contributed by atoms with Crippen LogP contribution in [0.5, 0.6) is 5.75 Å². The van der Waals surface area contributed by atoms with Crippen LogP contribution >= 0.6 is 0 Å². The van der Waals surface area contributed by atoms with Crippen molar-refractivity contribution in [1.82, 2.24) is 0 Å². The van der Waals surface area contributed by atoms with Crippen molar-refractivity contribution in [3.8, 4) is 28.0 Å². The van der Waals surface area contributed by atoms with Crippen LogP contribution in [0.25, 0.3) is 22.3 Å². The van der Waals surface area contributed by atoms with Gasteiger partial charge < -0.3 is 9.47 Å². The molecule has 0 aliphatic rings. The molecule has 0 aromatic heterocycles. The fourth-order valence-corrected chi connectivity index (χ4v) is 3.65. The van der Waals surface area contributed by atoms with Crippen LogP contribution in [0.1, 0.15) is 28.4 Å². The van der Waals surface area contributed by atoms with Gasteiger partial charge in [-0.2, -0.15) is 4.39 Å². The standard InChI is InChI=1S/C29H22F4O3/c1-3-35-16-21-12-15-24(28(33)25(21)30)36-29(34)20-10-8-19(9-11-20)23-14-13-22(26(31)27(23)32)18-6-4-17(2)5-7-18/h4-15H,3,16H2,1-2H3. The van der Waals surface area contributed by atoms with Gasteiger partial charge in [0, 0.05) is 23.3 Å². The second-order valence-electron chi connectivity index (χ2n) is 8.11. The summed E-state index contributed by atoms with van der Waals surface area (Å²) in [6.07, 6.45) is 0. The van der Waals surface area contributed by atoms with Crippen LogP contribution in [-0.4, -0.2) is 12.6 Å². The number of hydrogen-bond donors (Lipinski definition) is 0. The van der Waals surface area contributed by atoms with Crippen molar-refractivity contribution in [2.45, 2.75) is 20.5 Å². The molecular weight excluding hydrogens is 472 g/mol. The summed E-state index contributed by atoms with van der Waals surface area (Å²) in [7, 11) is 0. The highest BCUT2D eigenvalue weighted by molar-refractivity contribution is 5.91. The number of aryl methyl sites for hydroxylation is 1. The molecule has 0 spiro atoms. The van der Waals surface area contributed by atoms with Crippen LogP contribution in [0.2, 0.25) is 0 Å². The maximum atomic E-state index is 14.9. The summed E-state index contributed by atoms with van der Waals surface area (Å²) in [6, 6.07) is 17.9. The maximum Gasteiger partial charge on any atom is 0.343 e. The average Bonchev–Trinajstić information content (AvgIpc) is 2.89. The Labute approximate surface area is 205 Å². The molecule has 0 radical (unpaired) electrons. The Balaban J connectivity index is 1.53. The van der Waals surface area contributed by atoms with E-state index in [0.29, 0.717) is 17.7 Å². The molecule has 0 heterocycles. The normalized spacial score (nSPS) is 10.9. The van der Waals surface area contributed by atoms with Crippen LogP contribution in [0.15, 0.2) is 72.8 Å². The van der Waals surface area contributed by atoms with Crippen LogP contribution in [-0.2, 0) is 11.3 Å². The summed E-state index contributed by atoms with van der Waals surface area (Å²) < 4.78 is 68.3. The molecule has 0 aliphatic carbocycles. The minimum Gasteiger partial charge on any atom is -0.420 e. The Morgan fingerprint density at radius 3 is 1.81 bits per heavy atom. The third-order valence-corrected chi connectivity index (χ3v) is 5.67. The zero-order chi connectivity index (χ0) is 25.8. The number of hydrogen-bond acceptors (Lipinski definition) is 3. The lowest BCUT2D eigenvalue weighted by Crippen LogP contribution is -2.11. The highest BCUT2D eigenvalue weighted by atomic mass is 19.2. The minimum absolute atomic E-state index is 0.00107. The molecule has 0 aliphatic heterocycles. The maximum absolute atomic E-state index is 14.9. The summed E-state index contributed by atoms with van der Waals surface area (Å²) in [5.74, 6) is -5.96. The molecule has 0 N–H and O–H groups in total. The van der Waals surface area contributed by atoms with Crippen molar-refractivity contribution in [2.24, 2.45) is 0 Å². The number of halogens is 4. The highest BCUT2D eigenvalue weighted by Gasteiger charge is 2.19. The van der Waals surface area contributed by atoms with Crippen LogP contribution in [0.4, 0.5) is 17.6 Å². The van der Waals surface area contributed by atoms with Crippen molar-refractivity contribution in [3.05, 3.63) is 113 Å². The fraction of sp³-hybridized carbons (Fsp3) is 0.138. The lowest BCUT2D eigenvalue weighted by atomic mass is 9.98. The Hall–Kier alpha value is -3.97. The Morgan fingerprint density at radius 1 is 0.694 bits per heavy atom. The monoisotopic (exact) mass is 494 g/mol. The summed E-state index contributed by atoms with van der Waals surface area (Å²) in [5, 5.41) is 0. The molecule has 0 saturated heterocycles. The molecule has 184 valence electrons. The molecular formula is C29H22F4O3. The number of esters is 1. The molecule has 0 fully saturated rings. The molecule has 0 amide bonds. The molecule has 36 heavy (non-hydrogen) atoms. The lowest BCUT2D eigenvalue weighted by Gasteiger charge is -2.11. The van der Waals surface area contributed by atoms with Gasteiger partial charge in [0.05, 0.1) is 12.2 Å². The molecule has 0 atom stereocenters. The quantitative estimate of drug-likeness (QED) is 0.150. The van der Waals surface area contributed by atoms with Gasteiger partial charge in [0.2, 0.25) is 5.82 Å². The van der Waals surface area contributed by atoms with Gasteiger partial charge in [0.1, 0.15) is 0 Å². The van der Waals surface area contributed by atoms with Gasteiger partial charge in [-0.1, -0.05) is 54.1 Å². The zero-order valence-corrected chi connectivity index (χ0v) is 19.6.